The minimum atomic E-state index is -0.264. The van der Waals surface area contributed by atoms with E-state index in [2.05, 4.69) is 10.2 Å². The van der Waals surface area contributed by atoms with E-state index in [1.165, 1.54) is 37.8 Å². The lowest BCUT2D eigenvalue weighted by Gasteiger charge is -2.35. The highest BCUT2D eigenvalue weighted by Crippen LogP contribution is 2.36. The van der Waals surface area contributed by atoms with Crippen molar-refractivity contribution < 1.29 is 9.18 Å². The van der Waals surface area contributed by atoms with Gasteiger partial charge in [0, 0.05) is 43.7 Å². The van der Waals surface area contributed by atoms with Gasteiger partial charge in [-0.25, -0.2) is 9.37 Å². The SMILES string of the molecule is O=C(C1CCCC1)N1CCN(c2nn3c(NC4CCCC4)c(-c4cccc(F)c4)nc3s2)CC1. The standard InChI is InChI=1S/C25H31FN6OS/c26-19-9-5-8-18(16-19)21-22(27-20-10-3-4-11-20)32-24(28-21)34-25(29-32)31-14-12-30(13-15-31)23(33)17-6-1-2-7-17/h5,8-9,16-17,20,27H,1-4,6-7,10-15H2. The molecule has 3 heterocycles. The third kappa shape index (κ3) is 4.15. The topological polar surface area (TPSA) is 65.8 Å². The summed E-state index contributed by atoms with van der Waals surface area (Å²) < 4.78 is 15.9. The second-order valence-corrected chi connectivity index (χ2v) is 10.8. The smallest absolute Gasteiger partial charge is 0.225 e. The van der Waals surface area contributed by atoms with Crippen LogP contribution in [0.2, 0.25) is 0 Å². The number of amides is 1. The molecule has 9 heteroatoms. The number of carbonyl (C=O) groups is 1. The summed E-state index contributed by atoms with van der Waals surface area (Å²) in [7, 11) is 0. The fourth-order valence-electron chi connectivity index (χ4n) is 5.65. The lowest BCUT2D eigenvalue weighted by molar-refractivity contribution is -0.135. The van der Waals surface area contributed by atoms with Crippen LogP contribution < -0.4 is 10.2 Å². The minimum Gasteiger partial charge on any atom is -0.365 e. The quantitative estimate of drug-likeness (QED) is 0.566. The van der Waals surface area contributed by atoms with Gasteiger partial charge in [-0.2, -0.15) is 4.52 Å². The predicted molar refractivity (Wildman–Crippen MR) is 133 cm³/mol. The summed E-state index contributed by atoms with van der Waals surface area (Å²) in [6.45, 7) is 3.08. The summed E-state index contributed by atoms with van der Waals surface area (Å²) in [5.41, 5.74) is 1.52. The Labute approximate surface area is 203 Å². The molecule has 2 saturated carbocycles. The fourth-order valence-corrected chi connectivity index (χ4v) is 6.60. The molecule has 1 N–H and O–H groups in total. The van der Waals surface area contributed by atoms with Crippen molar-refractivity contribution in [2.75, 3.05) is 36.4 Å². The van der Waals surface area contributed by atoms with Crippen molar-refractivity contribution in [1.82, 2.24) is 19.5 Å². The van der Waals surface area contributed by atoms with Crippen LogP contribution in [0.5, 0.6) is 0 Å². The van der Waals surface area contributed by atoms with Gasteiger partial charge in [0.05, 0.1) is 0 Å². The first-order chi connectivity index (χ1) is 16.7. The Bertz CT molecular complexity index is 1170. The number of hydrogen-bond donors (Lipinski definition) is 1. The largest absolute Gasteiger partial charge is 0.365 e. The van der Waals surface area contributed by atoms with Crippen LogP contribution in [0, 0.1) is 11.7 Å². The Kier molecular flexibility index (Phi) is 5.89. The molecule has 1 aliphatic heterocycles. The van der Waals surface area contributed by atoms with E-state index in [0.29, 0.717) is 11.9 Å². The van der Waals surface area contributed by atoms with E-state index in [4.69, 9.17) is 10.1 Å². The maximum Gasteiger partial charge on any atom is 0.225 e. The number of aromatic nitrogens is 3. The molecule has 2 aromatic heterocycles. The zero-order chi connectivity index (χ0) is 23.1. The predicted octanol–water partition coefficient (Wildman–Crippen LogP) is 4.79. The van der Waals surface area contributed by atoms with Crippen molar-refractivity contribution in [2.45, 2.75) is 57.4 Å². The maximum absolute atomic E-state index is 14.0. The number of benzene rings is 1. The van der Waals surface area contributed by atoms with E-state index >= 15 is 0 Å². The number of nitrogens with zero attached hydrogens (tertiary/aromatic N) is 5. The van der Waals surface area contributed by atoms with Crippen molar-refractivity contribution in [3.63, 3.8) is 0 Å². The summed E-state index contributed by atoms with van der Waals surface area (Å²) in [6, 6.07) is 7.01. The number of halogens is 1. The normalized spacial score (nSPS) is 20.0. The molecule has 3 aromatic rings. The average Bonchev–Trinajstić information content (AvgIpc) is 3.65. The molecule has 0 spiro atoms. The van der Waals surface area contributed by atoms with Crippen LogP contribution in [0.25, 0.3) is 16.2 Å². The highest BCUT2D eigenvalue weighted by atomic mass is 32.1. The number of fused-ring (bicyclic) bond motifs is 1. The van der Waals surface area contributed by atoms with Crippen molar-refractivity contribution >= 4 is 33.2 Å². The van der Waals surface area contributed by atoms with Gasteiger partial charge in [-0.1, -0.05) is 49.2 Å². The van der Waals surface area contributed by atoms with Gasteiger partial charge < -0.3 is 15.1 Å². The number of anilines is 2. The van der Waals surface area contributed by atoms with Gasteiger partial charge in [0.15, 0.2) is 5.82 Å². The van der Waals surface area contributed by atoms with E-state index in [1.54, 1.807) is 17.4 Å². The molecule has 0 bridgehead atoms. The van der Waals surface area contributed by atoms with Gasteiger partial charge >= 0.3 is 0 Å². The van der Waals surface area contributed by atoms with Crippen molar-refractivity contribution in [2.24, 2.45) is 5.92 Å². The summed E-state index contributed by atoms with van der Waals surface area (Å²) >= 11 is 1.56. The first-order valence-corrected chi connectivity index (χ1v) is 13.4. The number of rotatable bonds is 5. The molecule has 2 aliphatic carbocycles. The van der Waals surface area contributed by atoms with Crippen LogP contribution in [0.3, 0.4) is 0 Å². The Hall–Kier alpha value is -2.68. The van der Waals surface area contributed by atoms with Crippen LogP contribution in [0.15, 0.2) is 24.3 Å². The van der Waals surface area contributed by atoms with Crippen LogP contribution in [0.1, 0.15) is 51.4 Å². The third-order valence-electron chi connectivity index (χ3n) is 7.55. The van der Waals surface area contributed by atoms with Crippen LogP contribution in [0.4, 0.5) is 15.3 Å². The molecule has 1 saturated heterocycles. The van der Waals surface area contributed by atoms with Crippen LogP contribution in [-0.2, 0) is 4.79 Å². The van der Waals surface area contributed by atoms with Crippen molar-refractivity contribution in [3.05, 3.63) is 30.1 Å². The second kappa shape index (κ2) is 9.17. The van der Waals surface area contributed by atoms with Gasteiger partial charge in [-0.05, 0) is 37.8 Å². The summed E-state index contributed by atoms with van der Waals surface area (Å²) in [6.07, 6.45) is 9.17. The molecule has 3 aliphatic rings. The summed E-state index contributed by atoms with van der Waals surface area (Å²) in [5, 5.41) is 9.53. The molecule has 180 valence electrons. The Morgan fingerprint density at radius 3 is 2.50 bits per heavy atom. The van der Waals surface area contributed by atoms with Gasteiger partial charge in [0.25, 0.3) is 0 Å². The summed E-state index contributed by atoms with van der Waals surface area (Å²) in [5.74, 6) is 1.17. The van der Waals surface area contributed by atoms with Crippen LogP contribution >= 0.6 is 11.3 Å². The molecule has 3 fully saturated rings. The zero-order valence-electron chi connectivity index (χ0n) is 19.4. The molecule has 1 amide bonds. The average molecular weight is 483 g/mol. The fraction of sp³-hybridized carbons (Fsp3) is 0.560. The molecule has 7 nitrogen and oxygen atoms in total. The van der Waals surface area contributed by atoms with Gasteiger partial charge in [0.2, 0.25) is 16.0 Å². The molecule has 34 heavy (non-hydrogen) atoms. The van der Waals surface area contributed by atoms with Gasteiger partial charge in [-0.15, -0.1) is 5.10 Å². The van der Waals surface area contributed by atoms with E-state index in [-0.39, 0.29) is 11.7 Å². The highest BCUT2D eigenvalue weighted by molar-refractivity contribution is 7.20. The van der Waals surface area contributed by atoms with Crippen molar-refractivity contribution in [3.8, 4) is 11.3 Å². The third-order valence-corrected chi connectivity index (χ3v) is 8.52. The number of imidazole rings is 1. The maximum atomic E-state index is 14.0. The van der Waals surface area contributed by atoms with E-state index in [9.17, 15) is 9.18 Å². The molecule has 0 unspecified atom stereocenters. The number of carbonyl (C=O) groups excluding carboxylic acids is 1. The molecular formula is C25H31FN6OS. The first-order valence-electron chi connectivity index (χ1n) is 12.6. The molecule has 0 radical (unpaired) electrons. The van der Waals surface area contributed by atoms with E-state index in [0.717, 1.165) is 79.0 Å². The lowest BCUT2D eigenvalue weighted by atomic mass is 10.1. The second-order valence-electron chi connectivity index (χ2n) is 9.82. The van der Waals surface area contributed by atoms with Gasteiger partial charge in [-0.3, -0.25) is 4.79 Å². The molecule has 1 aromatic carbocycles. The van der Waals surface area contributed by atoms with E-state index < -0.39 is 0 Å². The van der Waals surface area contributed by atoms with E-state index in [1.807, 2.05) is 15.5 Å². The molecule has 6 rings (SSSR count). The zero-order valence-corrected chi connectivity index (χ0v) is 20.2. The molecule has 0 atom stereocenters. The lowest BCUT2D eigenvalue weighted by Crippen LogP contribution is -2.50. The minimum absolute atomic E-state index is 0.236. The van der Waals surface area contributed by atoms with Crippen molar-refractivity contribution in [1.29, 1.82) is 0 Å². The highest BCUT2D eigenvalue weighted by Gasteiger charge is 2.31. The number of hydrogen-bond acceptors (Lipinski definition) is 6. The Morgan fingerprint density at radius 1 is 1.03 bits per heavy atom. The number of nitrogens with one attached hydrogen (secondary N) is 1. The first kappa shape index (κ1) is 21.8. The molecular weight excluding hydrogens is 451 g/mol. The monoisotopic (exact) mass is 482 g/mol. The van der Waals surface area contributed by atoms with Gasteiger partial charge in [0.1, 0.15) is 11.5 Å². The number of piperazine rings is 1. The Morgan fingerprint density at radius 2 is 1.76 bits per heavy atom. The Balaban J connectivity index is 1.24. The van der Waals surface area contributed by atoms with Crippen LogP contribution in [-0.4, -0.2) is 57.6 Å². The summed E-state index contributed by atoms with van der Waals surface area (Å²) in [4.78, 5) is 22.8.